The van der Waals surface area contributed by atoms with Crippen LogP contribution in [0.15, 0.2) is 35.8 Å². The van der Waals surface area contributed by atoms with Crippen molar-refractivity contribution in [3.8, 4) is 0 Å². The van der Waals surface area contributed by atoms with Crippen molar-refractivity contribution in [1.82, 2.24) is 14.6 Å². The number of fused-ring (bicyclic) bond motifs is 1. The Morgan fingerprint density at radius 3 is 3.05 bits per heavy atom. The van der Waals surface area contributed by atoms with Crippen LogP contribution in [-0.4, -0.2) is 20.6 Å². The van der Waals surface area contributed by atoms with Crippen LogP contribution in [0.3, 0.4) is 0 Å². The van der Waals surface area contributed by atoms with Gasteiger partial charge < -0.3 is 5.32 Å². The molecule has 98 valence electrons. The summed E-state index contributed by atoms with van der Waals surface area (Å²) in [5.74, 6) is 0.689. The van der Waals surface area contributed by atoms with E-state index in [0.29, 0.717) is 12.0 Å². The molecule has 0 saturated carbocycles. The van der Waals surface area contributed by atoms with Crippen molar-refractivity contribution in [2.75, 3.05) is 5.32 Å². The minimum atomic E-state index is 0.317. The van der Waals surface area contributed by atoms with Crippen molar-refractivity contribution < 1.29 is 0 Å². The number of hydrogen-bond donors (Lipinski definition) is 1. The van der Waals surface area contributed by atoms with Crippen LogP contribution in [0.5, 0.6) is 0 Å². The molecule has 0 spiro atoms. The van der Waals surface area contributed by atoms with Gasteiger partial charge in [-0.2, -0.15) is 4.98 Å². The Kier molecular flexibility index (Phi) is 3.21. The number of nitrogens with zero attached hydrogens (tertiary/aromatic N) is 3. The quantitative estimate of drug-likeness (QED) is 0.793. The molecule has 0 bridgehead atoms. The summed E-state index contributed by atoms with van der Waals surface area (Å²) in [4.78, 5) is 5.84. The zero-order chi connectivity index (χ0) is 13.2. The van der Waals surface area contributed by atoms with Gasteiger partial charge in [-0.25, -0.2) is 4.52 Å². The standard InChI is InChI=1S/C14H16N4S/c1-10-5-6-13-16-14(17-18(13)9-10)15-11(2)8-12-4-3-7-19-12/h3-7,9,11H,8H2,1-2H3,(H,15,17). The van der Waals surface area contributed by atoms with E-state index >= 15 is 0 Å². The van der Waals surface area contributed by atoms with E-state index in [9.17, 15) is 0 Å². The first-order chi connectivity index (χ1) is 9.20. The van der Waals surface area contributed by atoms with Crippen molar-refractivity contribution in [3.63, 3.8) is 0 Å². The highest BCUT2D eigenvalue weighted by molar-refractivity contribution is 7.09. The molecule has 3 rings (SSSR count). The van der Waals surface area contributed by atoms with E-state index in [4.69, 9.17) is 0 Å². The van der Waals surface area contributed by atoms with Gasteiger partial charge in [0, 0.05) is 23.5 Å². The SMILES string of the molecule is Cc1ccc2nc(NC(C)Cc3cccs3)nn2c1. The molecule has 0 radical (unpaired) electrons. The molecule has 0 fully saturated rings. The lowest BCUT2D eigenvalue weighted by atomic mass is 10.2. The van der Waals surface area contributed by atoms with Gasteiger partial charge in [-0.1, -0.05) is 12.1 Å². The number of aromatic nitrogens is 3. The van der Waals surface area contributed by atoms with Gasteiger partial charge >= 0.3 is 0 Å². The molecule has 0 saturated heterocycles. The molecule has 5 heteroatoms. The summed E-state index contributed by atoms with van der Waals surface area (Å²) in [6, 6.07) is 8.58. The average molecular weight is 272 g/mol. The summed E-state index contributed by atoms with van der Waals surface area (Å²) in [6.07, 6.45) is 2.98. The Bertz CT molecular complexity index is 672. The van der Waals surface area contributed by atoms with E-state index in [1.54, 1.807) is 11.3 Å². The van der Waals surface area contributed by atoms with E-state index in [1.807, 2.05) is 29.8 Å². The van der Waals surface area contributed by atoms with Gasteiger partial charge in [-0.05, 0) is 36.9 Å². The van der Waals surface area contributed by atoms with E-state index in [0.717, 1.165) is 12.1 Å². The monoisotopic (exact) mass is 272 g/mol. The van der Waals surface area contributed by atoms with Gasteiger partial charge in [0.15, 0.2) is 5.65 Å². The second-order valence-corrected chi connectivity index (χ2v) is 5.81. The van der Waals surface area contributed by atoms with Gasteiger partial charge in [-0.3, -0.25) is 0 Å². The molecular formula is C14H16N4S. The first-order valence-electron chi connectivity index (χ1n) is 6.32. The van der Waals surface area contributed by atoms with Crippen LogP contribution >= 0.6 is 11.3 Å². The maximum Gasteiger partial charge on any atom is 0.243 e. The van der Waals surface area contributed by atoms with Crippen molar-refractivity contribution in [2.45, 2.75) is 26.3 Å². The molecule has 3 aromatic rings. The molecule has 0 aliphatic rings. The summed E-state index contributed by atoms with van der Waals surface area (Å²) in [7, 11) is 0. The van der Waals surface area contributed by atoms with Crippen molar-refractivity contribution in [2.24, 2.45) is 0 Å². The van der Waals surface area contributed by atoms with Crippen LogP contribution in [0.2, 0.25) is 0 Å². The summed E-state index contributed by atoms with van der Waals surface area (Å²) in [5, 5.41) is 9.90. The van der Waals surface area contributed by atoms with E-state index in [2.05, 4.69) is 39.8 Å². The number of aryl methyl sites for hydroxylation is 1. The first kappa shape index (κ1) is 12.2. The molecule has 1 unspecified atom stereocenters. The maximum absolute atomic E-state index is 4.47. The Balaban J connectivity index is 1.74. The maximum atomic E-state index is 4.47. The highest BCUT2D eigenvalue weighted by atomic mass is 32.1. The molecule has 0 aliphatic carbocycles. The molecule has 1 atom stereocenters. The third-order valence-electron chi connectivity index (χ3n) is 2.94. The number of hydrogen-bond acceptors (Lipinski definition) is 4. The van der Waals surface area contributed by atoms with E-state index < -0.39 is 0 Å². The molecule has 4 nitrogen and oxygen atoms in total. The van der Waals surface area contributed by atoms with Crippen molar-refractivity contribution in [1.29, 1.82) is 0 Å². The lowest BCUT2D eigenvalue weighted by Crippen LogP contribution is -2.18. The number of pyridine rings is 1. The zero-order valence-electron chi connectivity index (χ0n) is 11.0. The Labute approximate surface area is 116 Å². The second kappa shape index (κ2) is 5.01. The normalized spacial score (nSPS) is 12.7. The zero-order valence-corrected chi connectivity index (χ0v) is 11.8. The van der Waals surface area contributed by atoms with Crippen LogP contribution in [-0.2, 0) is 6.42 Å². The summed E-state index contributed by atoms with van der Waals surface area (Å²) >= 11 is 1.78. The third kappa shape index (κ3) is 2.76. The Hall–Kier alpha value is -1.88. The highest BCUT2D eigenvalue weighted by Gasteiger charge is 2.08. The topological polar surface area (TPSA) is 42.2 Å². The molecular weight excluding hydrogens is 256 g/mol. The van der Waals surface area contributed by atoms with E-state index in [-0.39, 0.29) is 0 Å². The van der Waals surface area contributed by atoms with Gasteiger partial charge in [0.2, 0.25) is 5.95 Å². The fourth-order valence-electron chi connectivity index (χ4n) is 2.05. The van der Waals surface area contributed by atoms with Crippen LogP contribution in [0.25, 0.3) is 5.65 Å². The van der Waals surface area contributed by atoms with Crippen molar-refractivity contribution in [3.05, 3.63) is 46.3 Å². The van der Waals surface area contributed by atoms with Crippen LogP contribution in [0.4, 0.5) is 5.95 Å². The average Bonchev–Trinajstić information content (AvgIpc) is 2.97. The predicted molar refractivity (Wildman–Crippen MR) is 78.8 cm³/mol. The third-order valence-corrected chi connectivity index (χ3v) is 3.84. The smallest absolute Gasteiger partial charge is 0.243 e. The van der Waals surface area contributed by atoms with Gasteiger partial charge in [-0.15, -0.1) is 16.4 Å². The first-order valence-corrected chi connectivity index (χ1v) is 7.20. The Morgan fingerprint density at radius 1 is 1.37 bits per heavy atom. The molecule has 3 heterocycles. The van der Waals surface area contributed by atoms with E-state index in [1.165, 1.54) is 10.4 Å². The summed E-state index contributed by atoms with van der Waals surface area (Å²) < 4.78 is 1.82. The fraction of sp³-hybridized carbons (Fsp3) is 0.286. The van der Waals surface area contributed by atoms with Crippen LogP contribution < -0.4 is 5.32 Å². The summed E-state index contributed by atoms with van der Waals surface area (Å²) in [6.45, 7) is 4.20. The molecule has 0 amide bonds. The molecule has 0 aromatic carbocycles. The molecule has 1 N–H and O–H groups in total. The minimum absolute atomic E-state index is 0.317. The largest absolute Gasteiger partial charge is 0.350 e. The predicted octanol–water partition coefficient (Wildman–Crippen LogP) is 3.14. The lowest BCUT2D eigenvalue weighted by Gasteiger charge is -2.10. The van der Waals surface area contributed by atoms with Gasteiger partial charge in [0.1, 0.15) is 0 Å². The Morgan fingerprint density at radius 2 is 2.26 bits per heavy atom. The highest BCUT2D eigenvalue weighted by Crippen LogP contribution is 2.14. The molecule has 0 aliphatic heterocycles. The molecule has 19 heavy (non-hydrogen) atoms. The minimum Gasteiger partial charge on any atom is -0.350 e. The number of rotatable bonds is 4. The fourth-order valence-corrected chi connectivity index (χ4v) is 2.88. The summed E-state index contributed by atoms with van der Waals surface area (Å²) in [5.41, 5.74) is 2.05. The van der Waals surface area contributed by atoms with Crippen molar-refractivity contribution >= 4 is 22.9 Å². The van der Waals surface area contributed by atoms with Gasteiger partial charge in [0.05, 0.1) is 0 Å². The number of nitrogens with one attached hydrogen (secondary N) is 1. The number of thiophene rings is 1. The second-order valence-electron chi connectivity index (χ2n) is 4.77. The molecule has 3 aromatic heterocycles. The van der Waals surface area contributed by atoms with Crippen LogP contribution in [0.1, 0.15) is 17.4 Å². The lowest BCUT2D eigenvalue weighted by molar-refractivity contribution is 0.784. The van der Waals surface area contributed by atoms with Gasteiger partial charge in [0.25, 0.3) is 0 Å². The van der Waals surface area contributed by atoms with Crippen LogP contribution in [0, 0.1) is 6.92 Å². The number of anilines is 1.